The SMILES string of the molecule is O=c1oc(-c2ccc(Cl)cc2Cl)nc2cccc(F)c12. The fraction of sp³-hybridized carbons (Fsp3) is 0. The molecule has 3 aromatic rings. The maximum Gasteiger partial charge on any atom is 0.350 e. The molecule has 0 aliphatic heterocycles. The largest absolute Gasteiger partial charge is 0.403 e. The van der Waals surface area contributed by atoms with Crippen molar-refractivity contribution in [2.24, 2.45) is 0 Å². The van der Waals surface area contributed by atoms with Gasteiger partial charge in [-0.05, 0) is 30.3 Å². The zero-order chi connectivity index (χ0) is 14.3. The molecule has 0 aliphatic rings. The van der Waals surface area contributed by atoms with Crippen LogP contribution in [0.2, 0.25) is 10.0 Å². The number of hydrogen-bond donors (Lipinski definition) is 0. The minimum absolute atomic E-state index is 0.0229. The van der Waals surface area contributed by atoms with Crippen molar-refractivity contribution >= 4 is 34.1 Å². The predicted octanol–water partition coefficient (Wildman–Crippen LogP) is 4.30. The van der Waals surface area contributed by atoms with Crippen LogP contribution in [-0.2, 0) is 0 Å². The molecule has 2 aromatic carbocycles. The lowest BCUT2D eigenvalue weighted by Crippen LogP contribution is -2.05. The summed E-state index contributed by atoms with van der Waals surface area (Å²) in [5, 5.41) is 0.568. The Bertz CT molecular complexity index is 877. The number of aromatic nitrogens is 1. The molecule has 0 atom stereocenters. The average Bonchev–Trinajstić information content (AvgIpc) is 2.38. The van der Waals surface area contributed by atoms with Crippen LogP contribution < -0.4 is 5.63 Å². The van der Waals surface area contributed by atoms with Gasteiger partial charge in [0.2, 0.25) is 5.89 Å². The summed E-state index contributed by atoms with van der Waals surface area (Å²) in [6.07, 6.45) is 0. The first-order valence-electron chi connectivity index (χ1n) is 5.61. The number of nitrogens with zero attached hydrogens (tertiary/aromatic N) is 1. The molecule has 100 valence electrons. The molecule has 0 unspecified atom stereocenters. The molecular formula is C14H6Cl2FNO2. The summed E-state index contributed by atoms with van der Waals surface area (Å²) in [6, 6.07) is 8.87. The molecule has 6 heteroatoms. The Morgan fingerprint density at radius 2 is 1.95 bits per heavy atom. The van der Waals surface area contributed by atoms with E-state index in [-0.39, 0.29) is 16.8 Å². The molecule has 0 saturated carbocycles. The van der Waals surface area contributed by atoms with Gasteiger partial charge < -0.3 is 4.42 Å². The average molecular weight is 310 g/mol. The number of hydrogen-bond acceptors (Lipinski definition) is 3. The maximum atomic E-state index is 13.6. The second kappa shape index (κ2) is 4.89. The van der Waals surface area contributed by atoms with Crippen molar-refractivity contribution in [2.45, 2.75) is 0 Å². The summed E-state index contributed by atoms with van der Waals surface area (Å²) >= 11 is 11.8. The lowest BCUT2D eigenvalue weighted by molar-refractivity contribution is 0.513. The quantitative estimate of drug-likeness (QED) is 0.673. The Morgan fingerprint density at radius 3 is 2.70 bits per heavy atom. The van der Waals surface area contributed by atoms with Gasteiger partial charge >= 0.3 is 5.63 Å². The first-order chi connectivity index (χ1) is 9.56. The lowest BCUT2D eigenvalue weighted by Gasteiger charge is -2.04. The molecule has 0 fully saturated rings. The van der Waals surface area contributed by atoms with Gasteiger partial charge in [-0.2, -0.15) is 0 Å². The lowest BCUT2D eigenvalue weighted by atomic mass is 10.2. The van der Waals surface area contributed by atoms with E-state index in [4.69, 9.17) is 27.6 Å². The third kappa shape index (κ3) is 2.17. The zero-order valence-corrected chi connectivity index (χ0v) is 11.4. The van der Waals surface area contributed by atoms with Crippen LogP contribution in [-0.4, -0.2) is 4.98 Å². The van der Waals surface area contributed by atoms with Crippen LogP contribution in [0.5, 0.6) is 0 Å². The van der Waals surface area contributed by atoms with E-state index in [9.17, 15) is 9.18 Å². The van der Waals surface area contributed by atoms with Crippen molar-refractivity contribution in [3.63, 3.8) is 0 Å². The van der Waals surface area contributed by atoms with Crippen molar-refractivity contribution in [1.29, 1.82) is 0 Å². The smallest absolute Gasteiger partial charge is 0.350 e. The molecule has 0 bridgehead atoms. The molecule has 3 nitrogen and oxygen atoms in total. The highest BCUT2D eigenvalue weighted by atomic mass is 35.5. The minimum atomic E-state index is -0.797. The number of halogens is 3. The summed E-state index contributed by atoms with van der Waals surface area (Å²) in [5.41, 5.74) is -0.171. The van der Waals surface area contributed by atoms with Gasteiger partial charge in [-0.3, -0.25) is 0 Å². The fourth-order valence-electron chi connectivity index (χ4n) is 1.86. The molecule has 0 spiro atoms. The maximum absolute atomic E-state index is 13.6. The van der Waals surface area contributed by atoms with E-state index in [1.54, 1.807) is 12.1 Å². The first kappa shape index (κ1) is 13.1. The molecule has 3 rings (SSSR count). The van der Waals surface area contributed by atoms with Crippen molar-refractivity contribution < 1.29 is 8.81 Å². The second-order valence-corrected chi connectivity index (χ2v) is 4.91. The Balaban J connectivity index is 2.31. The van der Waals surface area contributed by atoms with Gasteiger partial charge in [0, 0.05) is 5.02 Å². The molecule has 1 aromatic heterocycles. The van der Waals surface area contributed by atoms with Crippen LogP contribution in [0.1, 0.15) is 0 Å². The van der Waals surface area contributed by atoms with Gasteiger partial charge in [0.1, 0.15) is 11.2 Å². The Morgan fingerprint density at radius 1 is 1.15 bits per heavy atom. The molecule has 0 N–H and O–H groups in total. The van der Waals surface area contributed by atoms with Crippen LogP contribution >= 0.6 is 23.2 Å². The van der Waals surface area contributed by atoms with E-state index in [2.05, 4.69) is 4.98 Å². The highest BCUT2D eigenvalue weighted by molar-refractivity contribution is 6.36. The molecule has 0 radical (unpaired) electrons. The summed E-state index contributed by atoms with van der Waals surface area (Å²) in [4.78, 5) is 16.0. The summed E-state index contributed by atoms with van der Waals surface area (Å²) in [7, 11) is 0. The molecule has 0 saturated heterocycles. The van der Waals surface area contributed by atoms with Crippen molar-refractivity contribution in [3.8, 4) is 11.5 Å². The normalized spacial score (nSPS) is 10.9. The zero-order valence-electron chi connectivity index (χ0n) is 9.86. The van der Waals surface area contributed by atoms with Crippen LogP contribution in [0.4, 0.5) is 4.39 Å². The molecule has 0 amide bonds. The molecule has 0 aliphatic carbocycles. The summed E-state index contributed by atoms with van der Waals surface area (Å²) in [5.74, 6) is -0.646. The molecule has 20 heavy (non-hydrogen) atoms. The predicted molar refractivity (Wildman–Crippen MR) is 75.7 cm³/mol. The fourth-order valence-corrected chi connectivity index (χ4v) is 2.35. The van der Waals surface area contributed by atoms with Gasteiger partial charge in [0.25, 0.3) is 0 Å². The number of rotatable bonds is 1. The van der Waals surface area contributed by atoms with E-state index >= 15 is 0 Å². The Hall–Kier alpha value is -1.91. The van der Waals surface area contributed by atoms with E-state index in [0.29, 0.717) is 15.6 Å². The monoisotopic (exact) mass is 309 g/mol. The highest BCUT2D eigenvalue weighted by Gasteiger charge is 2.14. The van der Waals surface area contributed by atoms with Crippen LogP contribution in [0.25, 0.3) is 22.4 Å². The molecular weight excluding hydrogens is 304 g/mol. The molecule has 1 heterocycles. The van der Waals surface area contributed by atoms with E-state index in [0.717, 1.165) is 0 Å². The highest BCUT2D eigenvalue weighted by Crippen LogP contribution is 2.29. The van der Waals surface area contributed by atoms with E-state index in [1.165, 1.54) is 24.3 Å². The van der Waals surface area contributed by atoms with Gasteiger partial charge in [-0.1, -0.05) is 29.3 Å². The van der Waals surface area contributed by atoms with Crippen molar-refractivity contribution in [3.05, 3.63) is 62.7 Å². The van der Waals surface area contributed by atoms with Crippen molar-refractivity contribution in [1.82, 2.24) is 4.98 Å². The Labute approximate surface area is 122 Å². The number of fused-ring (bicyclic) bond motifs is 1. The first-order valence-corrected chi connectivity index (χ1v) is 6.36. The summed E-state index contributed by atoms with van der Waals surface area (Å²) in [6.45, 7) is 0. The minimum Gasteiger partial charge on any atom is -0.403 e. The third-order valence-corrected chi connectivity index (χ3v) is 3.32. The van der Waals surface area contributed by atoms with Crippen LogP contribution in [0.15, 0.2) is 45.6 Å². The van der Waals surface area contributed by atoms with E-state index in [1.807, 2.05) is 0 Å². The van der Waals surface area contributed by atoms with Gasteiger partial charge in [0.05, 0.1) is 16.1 Å². The second-order valence-electron chi connectivity index (χ2n) is 4.06. The standard InChI is InChI=1S/C14H6Cl2FNO2/c15-7-4-5-8(9(16)6-7)13-18-11-3-1-2-10(17)12(11)14(19)20-13/h1-6H. The van der Waals surface area contributed by atoms with E-state index < -0.39 is 11.4 Å². The van der Waals surface area contributed by atoms with Crippen molar-refractivity contribution in [2.75, 3.05) is 0 Å². The summed E-state index contributed by atoms with van der Waals surface area (Å²) < 4.78 is 18.6. The van der Waals surface area contributed by atoms with Crippen LogP contribution in [0, 0.1) is 5.82 Å². The topological polar surface area (TPSA) is 43.1 Å². The van der Waals surface area contributed by atoms with Gasteiger partial charge in [-0.15, -0.1) is 0 Å². The Kier molecular flexibility index (Phi) is 3.20. The van der Waals surface area contributed by atoms with Gasteiger partial charge in [0.15, 0.2) is 0 Å². The third-order valence-electron chi connectivity index (χ3n) is 2.77. The van der Waals surface area contributed by atoms with Crippen LogP contribution in [0.3, 0.4) is 0 Å². The van der Waals surface area contributed by atoms with Gasteiger partial charge in [-0.25, -0.2) is 14.2 Å². The number of benzene rings is 2.